The van der Waals surface area contributed by atoms with E-state index in [1.807, 2.05) is 36.3 Å². The molecule has 5 nitrogen and oxygen atoms in total. The van der Waals surface area contributed by atoms with Gasteiger partial charge in [0, 0.05) is 43.9 Å². The Balaban J connectivity index is 1.54. The highest BCUT2D eigenvalue weighted by atomic mass is 32.1. The van der Waals surface area contributed by atoms with Gasteiger partial charge in [0.05, 0.1) is 4.88 Å². The number of hydrogen-bond donors (Lipinski definition) is 0. The number of amides is 1. The monoisotopic (exact) mass is 410 g/mol. The maximum absolute atomic E-state index is 13.3. The third kappa shape index (κ3) is 4.29. The van der Waals surface area contributed by atoms with Crippen molar-refractivity contribution in [2.45, 2.75) is 20.3 Å². The van der Waals surface area contributed by atoms with Gasteiger partial charge >= 0.3 is 0 Å². The topological polar surface area (TPSA) is 49.3 Å². The van der Waals surface area contributed by atoms with Crippen LogP contribution in [0.15, 0.2) is 41.8 Å². The second kappa shape index (κ2) is 8.29. The summed E-state index contributed by atoms with van der Waals surface area (Å²) in [5, 5.41) is 1.93. The molecule has 4 rings (SSSR count). The average Bonchev–Trinajstić information content (AvgIpc) is 3.26. The van der Waals surface area contributed by atoms with E-state index in [-0.39, 0.29) is 11.7 Å². The highest BCUT2D eigenvalue weighted by Crippen LogP contribution is 2.26. The van der Waals surface area contributed by atoms with E-state index in [4.69, 9.17) is 4.98 Å². The lowest BCUT2D eigenvalue weighted by atomic mass is 10.0. The summed E-state index contributed by atoms with van der Waals surface area (Å²) in [5.41, 5.74) is 3.02. The summed E-state index contributed by atoms with van der Waals surface area (Å²) in [6.45, 7) is 6.67. The van der Waals surface area contributed by atoms with Crippen LogP contribution < -0.4 is 4.90 Å². The molecule has 0 N–H and O–H groups in total. The normalized spacial score (nSPS) is 14.3. The molecule has 1 fully saturated rings. The fraction of sp³-hybridized carbons (Fsp3) is 0.318. The number of carbonyl (C=O) groups excluding carboxylic acids is 1. The van der Waals surface area contributed by atoms with Gasteiger partial charge in [-0.25, -0.2) is 14.4 Å². The molecule has 1 amide bonds. The van der Waals surface area contributed by atoms with Gasteiger partial charge in [0.25, 0.3) is 5.91 Å². The van der Waals surface area contributed by atoms with Gasteiger partial charge in [0.1, 0.15) is 17.5 Å². The third-order valence-corrected chi connectivity index (χ3v) is 6.05. The van der Waals surface area contributed by atoms with Crippen LogP contribution in [0.3, 0.4) is 0 Å². The lowest BCUT2D eigenvalue weighted by molar-refractivity contribution is 0.0751. The van der Waals surface area contributed by atoms with Gasteiger partial charge < -0.3 is 9.80 Å². The van der Waals surface area contributed by atoms with Crippen molar-refractivity contribution in [1.29, 1.82) is 0 Å². The van der Waals surface area contributed by atoms with E-state index >= 15 is 0 Å². The van der Waals surface area contributed by atoms with Crippen molar-refractivity contribution < 1.29 is 9.18 Å². The Morgan fingerprint density at radius 2 is 1.79 bits per heavy atom. The fourth-order valence-electron chi connectivity index (χ4n) is 3.67. The van der Waals surface area contributed by atoms with Crippen LogP contribution in [0.2, 0.25) is 0 Å². The Kier molecular flexibility index (Phi) is 5.58. The van der Waals surface area contributed by atoms with Crippen LogP contribution in [0.1, 0.15) is 32.3 Å². The fourth-order valence-corrected chi connectivity index (χ4v) is 4.36. The summed E-state index contributed by atoms with van der Waals surface area (Å²) in [6.07, 6.45) is 0.649. The van der Waals surface area contributed by atoms with Gasteiger partial charge in [0.2, 0.25) is 0 Å². The number of anilines is 1. The molecule has 0 saturated carbocycles. The van der Waals surface area contributed by atoms with Crippen LogP contribution in [0.5, 0.6) is 0 Å². The molecule has 7 heteroatoms. The molecule has 0 radical (unpaired) electrons. The number of halogens is 1. The predicted molar refractivity (Wildman–Crippen MR) is 113 cm³/mol. The molecular formula is C22H23FN4OS. The van der Waals surface area contributed by atoms with Crippen LogP contribution in [0.4, 0.5) is 10.2 Å². The number of piperazine rings is 1. The Morgan fingerprint density at radius 3 is 2.45 bits per heavy atom. The number of hydrogen-bond acceptors (Lipinski definition) is 5. The minimum absolute atomic E-state index is 0.0984. The lowest BCUT2D eigenvalue weighted by Gasteiger charge is -2.36. The first-order chi connectivity index (χ1) is 14.0. The molecule has 3 aromatic rings. The summed E-state index contributed by atoms with van der Waals surface area (Å²) in [7, 11) is 0. The van der Waals surface area contributed by atoms with Crippen molar-refractivity contribution in [3.63, 3.8) is 0 Å². The quantitative estimate of drug-likeness (QED) is 0.656. The molecule has 1 aliphatic heterocycles. The third-order valence-electron chi connectivity index (χ3n) is 5.20. The van der Waals surface area contributed by atoms with E-state index in [1.54, 1.807) is 12.1 Å². The van der Waals surface area contributed by atoms with Crippen LogP contribution in [0.25, 0.3) is 0 Å². The zero-order chi connectivity index (χ0) is 20.4. The van der Waals surface area contributed by atoms with Crippen molar-refractivity contribution in [2.75, 3.05) is 31.1 Å². The standard InChI is InChI=1S/C22H23FN4OS/c1-15-19(14-17-5-7-18(23)8-6-17)21(25-16(2)24-15)26-9-11-27(12-10-26)22(28)20-4-3-13-29-20/h3-8,13H,9-12,14H2,1-2H3. The maximum atomic E-state index is 13.3. The molecule has 0 spiro atoms. The van der Waals surface area contributed by atoms with Crippen molar-refractivity contribution in [1.82, 2.24) is 14.9 Å². The first-order valence-electron chi connectivity index (χ1n) is 9.67. The summed E-state index contributed by atoms with van der Waals surface area (Å²) < 4.78 is 13.3. The number of aryl methyl sites for hydroxylation is 2. The highest BCUT2D eigenvalue weighted by Gasteiger charge is 2.25. The van der Waals surface area contributed by atoms with Gasteiger partial charge in [-0.05, 0) is 43.0 Å². The maximum Gasteiger partial charge on any atom is 0.264 e. The molecular weight excluding hydrogens is 387 g/mol. The number of rotatable bonds is 4. The van der Waals surface area contributed by atoms with Crippen molar-refractivity contribution in [3.8, 4) is 0 Å². The van der Waals surface area contributed by atoms with Gasteiger partial charge in [-0.1, -0.05) is 18.2 Å². The lowest BCUT2D eigenvalue weighted by Crippen LogP contribution is -2.49. The van der Waals surface area contributed by atoms with Crippen molar-refractivity contribution in [3.05, 3.63) is 75.1 Å². The summed E-state index contributed by atoms with van der Waals surface area (Å²) >= 11 is 1.48. The first-order valence-corrected chi connectivity index (χ1v) is 10.6. The van der Waals surface area contributed by atoms with Crippen LogP contribution in [-0.2, 0) is 6.42 Å². The average molecular weight is 411 g/mol. The smallest absolute Gasteiger partial charge is 0.264 e. The summed E-state index contributed by atoms with van der Waals surface area (Å²) in [6, 6.07) is 10.3. The summed E-state index contributed by atoms with van der Waals surface area (Å²) in [5.74, 6) is 1.51. The van der Waals surface area contributed by atoms with Gasteiger partial charge in [0.15, 0.2) is 0 Å². The van der Waals surface area contributed by atoms with E-state index in [9.17, 15) is 9.18 Å². The zero-order valence-corrected chi connectivity index (χ0v) is 17.4. The molecule has 0 aliphatic carbocycles. The zero-order valence-electron chi connectivity index (χ0n) is 16.6. The molecule has 150 valence electrons. The minimum Gasteiger partial charge on any atom is -0.353 e. The Morgan fingerprint density at radius 1 is 1.07 bits per heavy atom. The number of benzene rings is 1. The second-order valence-corrected chi connectivity index (χ2v) is 8.17. The molecule has 29 heavy (non-hydrogen) atoms. The Labute approximate surface area is 173 Å². The van der Waals surface area contributed by atoms with E-state index in [1.165, 1.54) is 23.5 Å². The first kappa shape index (κ1) is 19.5. The molecule has 1 aromatic carbocycles. The van der Waals surface area contributed by atoms with Gasteiger partial charge in [-0.15, -0.1) is 11.3 Å². The van der Waals surface area contributed by atoms with Crippen LogP contribution in [-0.4, -0.2) is 47.0 Å². The van der Waals surface area contributed by atoms with E-state index in [2.05, 4.69) is 9.88 Å². The molecule has 0 bridgehead atoms. The molecule has 3 heterocycles. The second-order valence-electron chi connectivity index (χ2n) is 7.22. The number of carbonyl (C=O) groups is 1. The largest absolute Gasteiger partial charge is 0.353 e. The van der Waals surface area contributed by atoms with E-state index in [0.29, 0.717) is 19.5 Å². The van der Waals surface area contributed by atoms with E-state index < -0.39 is 0 Å². The van der Waals surface area contributed by atoms with Gasteiger partial charge in [-0.3, -0.25) is 4.79 Å². The SMILES string of the molecule is Cc1nc(C)c(Cc2ccc(F)cc2)c(N2CCN(C(=O)c3cccs3)CC2)n1. The minimum atomic E-state index is -0.239. The van der Waals surface area contributed by atoms with E-state index in [0.717, 1.165) is 46.4 Å². The Hall–Kier alpha value is -2.80. The van der Waals surface area contributed by atoms with Crippen LogP contribution in [0, 0.1) is 19.7 Å². The predicted octanol–water partition coefficient (Wildman–Crippen LogP) is 3.85. The number of aromatic nitrogens is 2. The van der Waals surface area contributed by atoms with Gasteiger partial charge in [-0.2, -0.15) is 0 Å². The number of thiophene rings is 1. The van der Waals surface area contributed by atoms with Crippen LogP contribution >= 0.6 is 11.3 Å². The molecule has 1 saturated heterocycles. The van der Waals surface area contributed by atoms with Crippen molar-refractivity contribution >= 4 is 23.1 Å². The molecule has 2 aromatic heterocycles. The highest BCUT2D eigenvalue weighted by molar-refractivity contribution is 7.12. The molecule has 0 unspecified atom stereocenters. The Bertz CT molecular complexity index is 996. The molecule has 1 aliphatic rings. The summed E-state index contributed by atoms with van der Waals surface area (Å²) in [4.78, 5) is 26.8. The molecule has 0 atom stereocenters. The van der Waals surface area contributed by atoms with Crippen molar-refractivity contribution in [2.24, 2.45) is 0 Å². The number of nitrogens with zero attached hydrogens (tertiary/aromatic N) is 4.